The minimum absolute atomic E-state index is 0.406. The first kappa shape index (κ1) is 18.8. The fourth-order valence-corrected chi connectivity index (χ4v) is 4.52. The summed E-state index contributed by atoms with van der Waals surface area (Å²) in [5.41, 5.74) is 6.29. The van der Waals surface area contributed by atoms with Crippen molar-refractivity contribution in [3.63, 3.8) is 0 Å². The molecule has 30 heavy (non-hydrogen) atoms. The van der Waals surface area contributed by atoms with Crippen LogP contribution in [0.4, 0.5) is 5.69 Å². The number of nitrogens with zero attached hydrogens (tertiary/aromatic N) is 2. The zero-order valence-electron chi connectivity index (χ0n) is 16.8. The van der Waals surface area contributed by atoms with Crippen LogP contribution in [0.25, 0.3) is 22.6 Å². The molecule has 0 unspecified atom stereocenters. The van der Waals surface area contributed by atoms with Crippen LogP contribution in [0.2, 0.25) is 0 Å². The summed E-state index contributed by atoms with van der Waals surface area (Å²) in [6.07, 6.45) is 4.75. The summed E-state index contributed by atoms with van der Waals surface area (Å²) in [7, 11) is 0. The lowest BCUT2D eigenvalue weighted by Gasteiger charge is -2.28. The molecule has 0 atom stereocenters. The Labute approximate surface area is 175 Å². The number of carboxylic acid groups (broad SMARTS) is 1. The molecule has 0 amide bonds. The number of hydrogen-bond donors (Lipinski definition) is 1. The molecule has 1 aromatic heterocycles. The molecule has 2 heterocycles. The van der Waals surface area contributed by atoms with E-state index < -0.39 is 5.97 Å². The number of morpholine rings is 1. The number of para-hydroxylation sites is 1. The Morgan fingerprint density at radius 2 is 1.80 bits per heavy atom. The first-order chi connectivity index (χ1) is 14.7. The van der Waals surface area contributed by atoms with Gasteiger partial charge in [0.05, 0.1) is 30.0 Å². The van der Waals surface area contributed by atoms with Crippen LogP contribution in [0.3, 0.4) is 0 Å². The molecule has 1 fully saturated rings. The molecule has 5 nitrogen and oxygen atoms in total. The van der Waals surface area contributed by atoms with Crippen LogP contribution < -0.4 is 4.90 Å². The summed E-state index contributed by atoms with van der Waals surface area (Å²) in [5, 5.41) is 10.6. The second kappa shape index (κ2) is 7.92. The van der Waals surface area contributed by atoms with E-state index in [2.05, 4.69) is 35.2 Å². The van der Waals surface area contributed by atoms with Crippen molar-refractivity contribution in [1.29, 1.82) is 0 Å². The van der Waals surface area contributed by atoms with Gasteiger partial charge in [-0.3, -0.25) is 0 Å². The van der Waals surface area contributed by atoms with Crippen LogP contribution in [0.15, 0.2) is 48.5 Å². The second-order valence-electron chi connectivity index (χ2n) is 7.85. The van der Waals surface area contributed by atoms with E-state index >= 15 is 0 Å². The minimum atomic E-state index is -0.874. The molecule has 2 aliphatic rings. The normalized spacial score (nSPS) is 17.9. The van der Waals surface area contributed by atoms with Gasteiger partial charge >= 0.3 is 5.97 Å². The van der Waals surface area contributed by atoms with Crippen LogP contribution in [-0.4, -0.2) is 42.4 Å². The number of pyridine rings is 1. The van der Waals surface area contributed by atoms with E-state index in [1.807, 2.05) is 24.3 Å². The predicted molar refractivity (Wildman–Crippen MR) is 119 cm³/mol. The van der Waals surface area contributed by atoms with Gasteiger partial charge in [0.15, 0.2) is 0 Å². The monoisotopic (exact) mass is 400 g/mol. The largest absolute Gasteiger partial charge is 0.478 e. The lowest BCUT2D eigenvalue weighted by atomic mass is 9.86. The van der Waals surface area contributed by atoms with Gasteiger partial charge in [0.2, 0.25) is 0 Å². The smallest absolute Gasteiger partial charge is 0.336 e. The van der Waals surface area contributed by atoms with Gasteiger partial charge in [-0.05, 0) is 60.2 Å². The Hall–Kier alpha value is -3.18. The van der Waals surface area contributed by atoms with Crippen LogP contribution in [0.5, 0.6) is 0 Å². The van der Waals surface area contributed by atoms with Crippen LogP contribution in [0.1, 0.15) is 40.0 Å². The van der Waals surface area contributed by atoms with E-state index in [0.29, 0.717) is 5.56 Å². The molecule has 1 aliphatic heterocycles. The molecule has 0 radical (unpaired) electrons. The molecule has 0 spiro atoms. The van der Waals surface area contributed by atoms with Crippen LogP contribution in [0, 0.1) is 0 Å². The van der Waals surface area contributed by atoms with Crippen molar-refractivity contribution in [2.75, 3.05) is 31.2 Å². The van der Waals surface area contributed by atoms with E-state index in [1.54, 1.807) is 0 Å². The summed E-state index contributed by atoms with van der Waals surface area (Å²) in [5.74, 6) is -0.874. The van der Waals surface area contributed by atoms with Crippen LogP contribution in [-0.2, 0) is 11.2 Å². The van der Waals surface area contributed by atoms with Crippen molar-refractivity contribution in [3.8, 4) is 0 Å². The van der Waals surface area contributed by atoms with Gasteiger partial charge in [-0.2, -0.15) is 0 Å². The van der Waals surface area contributed by atoms with E-state index in [9.17, 15) is 9.90 Å². The van der Waals surface area contributed by atoms with Gasteiger partial charge in [0.1, 0.15) is 0 Å². The summed E-state index contributed by atoms with van der Waals surface area (Å²) < 4.78 is 5.44. The number of fused-ring (bicyclic) bond motifs is 2. The molecule has 1 N–H and O–H groups in total. The third kappa shape index (κ3) is 3.46. The third-order valence-electron chi connectivity index (χ3n) is 5.99. The maximum atomic E-state index is 12.1. The van der Waals surface area contributed by atoms with Crippen molar-refractivity contribution < 1.29 is 14.6 Å². The van der Waals surface area contributed by atoms with Crippen molar-refractivity contribution in [2.45, 2.75) is 19.3 Å². The summed E-state index contributed by atoms with van der Waals surface area (Å²) >= 11 is 0. The van der Waals surface area contributed by atoms with Crippen molar-refractivity contribution in [2.24, 2.45) is 0 Å². The number of aromatic carboxylic acids is 1. The van der Waals surface area contributed by atoms with Gasteiger partial charge < -0.3 is 14.7 Å². The predicted octanol–water partition coefficient (Wildman–Crippen LogP) is 4.65. The Morgan fingerprint density at radius 1 is 1.03 bits per heavy atom. The Bertz CT molecular complexity index is 1130. The Morgan fingerprint density at radius 3 is 2.57 bits per heavy atom. The summed E-state index contributed by atoms with van der Waals surface area (Å²) in [6.45, 7) is 3.38. The Balaban J connectivity index is 1.54. The van der Waals surface area contributed by atoms with E-state index in [1.165, 1.54) is 5.69 Å². The van der Waals surface area contributed by atoms with Crippen molar-refractivity contribution >= 4 is 34.2 Å². The maximum Gasteiger partial charge on any atom is 0.336 e. The average molecular weight is 400 g/mol. The standard InChI is InChI=1S/C25H24N2O3/c28-25(29)23-20-5-1-2-7-22(20)26-24-18(4-3-6-21(23)24)16-17-8-10-19(11-9-17)27-12-14-30-15-13-27/h1-2,5,7-11,16H,3-4,6,12-15H2,(H,28,29)/b18-16+. The molecule has 2 aromatic carbocycles. The van der Waals surface area contributed by atoms with Gasteiger partial charge in [0, 0.05) is 24.2 Å². The van der Waals surface area contributed by atoms with Gasteiger partial charge in [-0.1, -0.05) is 30.3 Å². The quantitative estimate of drug-likeness (QED) is 0.694. The maximum absolute atomic E-state index is 12.1. The minimum Gasteiger partial charge on any atom is -0.478 e. The molecular weight excluding hydrogens is 376 g/mol. The van der Waals surface area contributed by atoms with E-state index in [0.717, 1.165) is 78.9 Å². The molecule has 1 aliphatic carbocycles. The van der Waals surface area contributed by atoms with E-state index in [4.69, 9.17) is 9.72 Å². The summed E-state index contributed by atoms with van der Waals surface area (Å²) in [6, 6.07) is 16.1. The molecule has 0 saturated carbocycles. The number of carbonyl (C=O) groups is 1. The number of allylic oxidation sites excluding steroid dienone is 1. The highest BCUT2D eigenvalue weighted by atomic mass is 16.5. The number of ether oxygens (including phenoxy) is 1. The SMILES string of the molecule is O=C(O)c1c2c(nc3ccccc13)/C(=C/c1ccc(N3CCOCC3)cc1)CCC2. The third-order valence-corrected chi connectivity index (χ3v) is 5.99. The van der Waals surface area contributed by atoms with Gasteiger partial charge in [-0.15, -0.1) is 0 Å². The number of hydrogen-bond acceptors (Lipinski definition) is 4. The molecule has 0 bridgehead atoms. The highest BCUT2D eigenvalue weighted by Gasteiger charge is 2.24. The molecule has 152 valence electrons. The molecule has 5 rings (SSSR count). The van der Waals surface area contributed by atoms with Crippen molar-refractivity contribution in [3.05, 3.63) is 70.9 Å². The number of carboxylic acids is 1. The second-order valence-corrected chi connectivity index (χ2v) is 7.85. The first-order valence-electron chi connectivity index (χ1n) is 10.5. The Kier molecular flexibility index (Phi) is 4.97. The van der Waals surface area contributed by atoms with Crippen molar-refractivity contribution in [1.82, 2.24) is 4.98 Å². The number of anilines is 1. The molecule has 1 saturated heterocycles. The van der Waals surface area contributed by atoms with Gasteiger partial charge in [-0.25, -0.2) is 9.78 Å². The molecule has 5 heteroatoms. The highest BCUT2D eigenvalue weighted by Crippen LogP contribution is 2.36. The number of aromatic nitrogens is 1. The summed E-state index contributed by atoms with van der Waals surface area (Å²) in [4.78, 5) is 19.3. The molecular formula is C25H24N2O3. The number of benzene rings is 2. The fraction of sp³-hybridized carbons (Fsp3) is 0.280. The molecule has 3 aromatic rings. The lowest BCUT2D eigenvalue weighted by molar-refractivity contribution is 0.0697. The fourth-order valence-electron chi connectivity index (χ4n) is 4.52. The number of rotatable bonds is 3. The lowest BCUT2D eigenvalue weighted by Crippen LogP contribution is -2.36. The first-order valence-corrected chi connectivity index (χ1v) is 10.5. The van der Waals surface area contributed by atoms with Gasteiger partial charge in [0.25, 0.3) is 0 Å². The van der Waals surface area contributed by atoms with Crippen LogP contribution >= 0.6 is 0 Å². The topological polar surface area (TPSA) is 62.7 Å². The average Bonchev–Trinajstić information content (AvgIpc) is 2.79. The zero-order chi connectivity index (χ0) is 20.5. The van der Waals surface area contributed by atoms with E-state index in [-0.39, 0.29) is 0 Å². The highest BCUT2D eigenvalue weighted by molar-refractivity contribution is 6.05. The zero-order valence-corrected chi connectivity index (χ0v) is 16.8.